The number of piperidine rings is 1. The van der Waals surface area contributed by atoms with Crippen LogP contribution >= 0.6 is 0 Å². The lowest BCUT2D eigenvalue weighted by Gasteiger charge is -2.22. The summed E-state index contributed by atoms with van der Waals surface area (Å²) in [6, 6.07) is 0. The second-order valence-corrected chi connectivity index (χ2v) is 4.41. The van der Waals surface area contributed by atoms with Crippen LogP contribution in [0.5, 0.6) is 0 Å². The minimum absolute atomic E-state index is 0.663. The van der Waals surface area contributed by atoms with Crippen LogP contribution in [-0.2, 0) is 13.0 Å². The van der Waals surface area contributed by atoms with Crippen LogP contribution in [-0.4, -0.2) is 22.6 Å². The second kappa shape index (κ2) is 3.39. The van der Waals surface area contributed by atoms with E-state index >= 15 is 0 Å². The highest BCUT2D eigenvalue weighted by atomic mass is 15.1. The summed E-state index contributed by atoms with van der Waals surface area (Å²) in [5, 5.41) is 3.46. The third kappa shape index (κ3) is 1.27. The highest BCUT2D eigenvalue weighted by Gasteiger charge is 2.23. The van der Waals surface area contributed by atoms with Gasteiger partial charge in [0.25, 0.3) is 0 Å². The van der Waals surface area contributed by atoms with E-state index in [2.05, 4.69) is 21.1 Å². The summed E-state index contributed by atoms with van der Waals surface area (Å²) in [5.41, 5.74) is 1.45. The number of hydrogen-bond donors (Lipinski definition) is 1. The van der Waals surface area contributed by atoms with Gasteiger partial charge >= 0.3 is 0 Å². The maximum absolute atomic E-state index is 4.58. The summed E-state index contributed by atoms with van der Waals surface area (Å²) in [7, 11) is 0. The van der Waals surface area contributed by atoms with Crippen molar-refractivity contribution in [2.75, 3.05) is 13.1 Å². The molecule has 2 aliphatic rings. The van der Waals surface area contributed by atoms with Crippen molar-refractivity contribution in [2.45, 2.75) is 38.1 Å². The average molecular weight is 191 g/mol. The molecular weight excluding hydrogens is 174 g/mol. The molecule has 0 radical (unpaired) electrons. The van der Waals surface area contributed by atoms with E-state index in [-0.39, 0.29) is 0 Å². The van der Waals surface area contributed by atoms with Crippen molar-refractivity contribution in [3.63, 3.8) is 0 Å². The van der Waals surface area contributed by atoms with Gasteiger partial charge in [-0.1, -0.05) is 0 Å². The van der Waals surface area contributed by atoms with E-state index in [1.807, 2.05) is 0 Å². The van der Waals surface area contributed by atoms with Crippen molar-refractivity contribution < 1.29 is 0 Å². The Hall–Kier alpha value is -0.830. The molecule has 3 heteroatoms. The van der Waals surface area contributed by atoms with Crippen LogP contribution in [0, 0.1) is 0 Å². The van der Waals surface area contributed by atoms with Gasteiger partial charge in [-0.05, 0) is 32.2 Å². The first-order valence-corrected chi connectivity index (χ1v) is 5.70. The van der Waals surface area contributed by atoms with E-state index in [0.29, 0.717) is 5.92 Å². The molecule has 1 fully saturated rings. The molecule has 3 heterocycles. The molecule has 2 aliphatic heterocycles. The van der Waals surface area contributed by atoms with Crippen LogP contribution in [0.4, 0.5) is 0 Å². The molecule has 0 saturated carbocycles. The van der Waals surface area contributed by atoms with E-state index < -0.39 is 0 Å². The Morgan fingerprint density at radius 2 is 2.43 bits per heavy atom. The molecule has 1 unspecified atom stereocenters. The van der Waals surface area contributed by atoms with Gasteiger partial charge in [0, 0.05) is 30.9 Å². The van der Waals surface area contributed by atoms with Crippen molar-refractivity contribution in [3.05, 3.63) is 17.7 Å². The van der Waals surface area contributed by atoms with Gasteiger partial charge in [0.2, 0.25) is 0 Å². The van der Waals surface area contributed by atoms with Gasteiger partial charge in [-0.25, -0.2) is 4.98 Å². The summed E-state index contributed by atoms with van der Waals surface area (Å²) in [6.07, 6.45) is 7.23. The van der Waals surface area contributed by atoms with Gasteiger partial charge in [-0.3, -0.25) is 0 Å². The number of imidazole rings is 1. The first kappa shape index (κ1) is 8.48. The van der Waals surface area contributed by atoms with Gasteiger partial charge in [-0.15, -0.1) is 0 Å². The highest BCUT2D eigenvalue weighted by molar-refractivity contribution is 5.13. The molecule has 14 heavy (non-hydrogen) atoms. The summed E-state index contributed by atoms with van der Waals surface area (Å²) in [4.78, 5) is 4.58. The lowest BCUT2D eigenvalue weighted by molar-refractivity contribution is 0.434. The van der Waals surface area contributed by atoms with E-state index in [4.69, 9.17) is 0 Å². The predicted octanol–water partition coefficient (Wildman–Crippen LogP) is 1.30. The number of aryl methyl sites for hydroxylation is 1. The Morgan fingerprint density at radius 1 is 1.43 bits per heavy atom. The van der Waals surface area contributed by atoms with E-state index in [9.17, 15) is 0 Å². The summed E-state index contributed by atoms with van der Waals surface area (Å²) < 4.78 is 2.44. The number of nitrogens with zero attached hydrogens (tertiary/aromatic N) is 2. The van der Waals surface area contributed by atoms with E-state index in [1.54, 1.807) is 0 Å². The molecule has 0 aromatic carbocycles. The quantitative estimate of drug-likeness (QED) is 0.725. The molecule has 0 amide bonds. The van der Waals surface area contributed by atoms with Crippen molar-refractivity contribution >= 4 is 0 Å². The lowest BCUT2D eigenvalue weighted by atomic mass is 9.99. The molecule has 0 aliphatic carbocycles. The van der Waals surface area contributed by atoms with Gasteiger partial charge < -0.3 is 9.88 Å². The van der Waals surface area contributed by atoms with Crippen molar-refractivity contribution in [3.8, 4) is 0 Å². The number of fused-ring (bicyclic) bond motifs is 1. The van der Waals surface area contributed by atoms with Crippen LogP contribution in [0.25, 0.3) is 0 Å². The minimum Gasteiger partial charge on any atom is -0.332 e. The Labute approximate surface area is 84.5 Å². The Bertz CT molecular complexity index is 323. The van der Waals surface area contributed by atoms with Crippen LogP contribution < -0.4 is 5.32 Å². The Balaban J connectivity index is 1.88. The van der Waals surface area contributed by atoms with Crippen LogP contribution in [0.2, 0.25) is 0 Å². The zero-order valence-electron chi connectivity index (χ0n) is 8.50. The third-order valence-corrected chi connectivity index (χ3v) is 3.45. The SMILES string of the molecule is c1nc(C2CCCNC2)n2c1CCC2. The molecule has 0 bridgehead atoms. The largest absolute Gasteiger partial charge is 0.332 e. The molecule has 1 N–H and O–H groups in total. The molecule has 0 spiro atoms. The fourth-order valence-electron chi connectivity index (χ4n) is 2.70. The predicted molar refractivity (Wildman–Crippen MR) is 55.4 cm³/mol. The van der Waals surface area contributed by atoms with Gasteiger partial charge in [0.15, 0.2) is 0 Å². The molecule has 1 atom stereocenters. The summed E-state index contributed by atoms with van der Waals surface area (Å²) in [6.45, 7) is 3.50. The van der Waals surface area contributed by atoms with E-state index in [1.165, 1.54) is 50.3 Å². The molecular formula is C11H17N3. The lowest BCUT2D eigenvalue weighted by Crippen LogP contribution is -2.30. The van der Waals surface area contributed by atoms with Crippen LogP contribution in [0.1, 0.15) is 36.7 Å². The van der Waals surface area contributed by atoms with Gasteiger partial charge in [0.05, 0.1) is 0 Å². The minimum atomic E-state index is 0.663. The van der Waals surface area contributed by atoms with Crippen LogP contribution in [0.15, 0.2) is 6.20 Å². The van der Waals surface area contributed by atoms with Crippen molar-refractivity contribution in [2.24, 2.45) is 0 Å². The summed E-state index contributed by atoms with van der Waals surface area (Å²) in [5.74, 6) is 2.00. The number of nitrogens with one attached hydrogen (secondary N) is 1. The summed E-state index contributed by atoms with van der Waals surface area (Å²) >= 11 is 0. The van der Waals surface area contributed by atoms with Crippen LogP contribution in [0.3, 0.4) is 0 Å². The maximum Gasteiger partial charge on any atom is 0.113 e. The third-order valence-electron chi connectivity index (χ3n) is 3.45. The van der Waals surface area contributed by atoms with Gasteiger partial charge in [0.1, 0.15) is 5.82 Å². The maximum atomic E-state index is 4.58. The zero-order chi connectivity index (χ0) is 9.38. The topological polar surface area (TPSA) is 29.9 Å². The molecule has 3 rings (SSSR count). The first-order chi connectivity index (χ1) is 6.95. The second-order valence-electron chi connectivity index (χ2n) is 4.41. The van der Waals surface area contributed by atoms with E-state index in [0.717, 1.165) is 6.54 Å². The average Bonchev–Trinajstić information content (AvgIpc) is 2.79. The molecule has 3 nitrogen and oxygen atoms in total. The Kier molecular flexibility index (Phi) is 2.05. The molecule has 1 saturated heterocycles. The zero-order valence-corrected chi connectivity index (χ0v) is 8.50. The van der Waals surface area contributed by atoms with Crippen molar-refractivity contribution in [1.29, 1.82) is 0 Å². The van der Waals surface area contributed by atoms with Gasteiger partial charge in [-0.2, -0.15) is 0 Å². The standard InChI is InChI=1S/C11H17N3/c1-3-9(7-12-5-1)11-13-8-10-4-2-6-14(10)11/h8-9,12H,1-7H2. The van der Waals surface area contributed by atoms with Crippen molar-refractivity contribution in [1.82, 2.24) is 14.9 Å². The normalized spacial score (nSPS) is 26.4. The molecule has 1 aromatic rings. The number of aromatic nitrogens is 2. The monoisotopic (exact) mass is 191 g/mol. The highest BCUT2D eigenvalue weighted by Crippen LogP contribution is 2.26. The fraction of sp³-hybridized carbons (Fsp3) is 0.727. The first-order valence-electron chi connectivity index (χ1n) is 5.70. The molecule has 76 valence electrons. The fourth-order valence-corrected chi connectivity index (χ4v) is 2.70. The number of rotatable bonds is 1. The smallest absolute Gasteiger partial charge is 0.113 e. The molecule has 1 aromatic heterocycles. The Morgan fingerprint density at radius 3 is 3.29 bits per heavy atom. The number of hydrogen-bond acceptors (Lipinski definition) is 2.